The van der Waals surface area contributed by atoms with Gasteiger partial charge in [0.15, 0.2) is 0 Å². The minimum absolute atomic E-state index is 0.699. The molecule has 0 aliphatic heterocycles. The summed E-state index contributed by atoms with van der Waals surface area (Å²) < 4.78 is 23.9. The van der Waals surface area contributed by atoms with Crippen molar-refractivity contribution in [2.75, 3.05) is 28.4 Å². The molecule has 4 aromatic rings. The van der Waals surface area contributed by atoms with E-state index in [-0.39, 0.29) is 0 Å². The van der Waals surface area contributed by atoms with Gasteiger partial charge in [0.05, 0.1) is 28.4 Å². The van der Waals surface area contributed by atoms with Crippen LogP contribution in [0.5, 0.6) is 23.0 Å². The Kier molecular flexibility index (Phi) is 9.88. The first-order valence-electron chi connectivity index (χ1n) is 14.8. The average molecular weight is 567 g/mol. The van der Waals surface area contributed by atoms with Crippen molar-refractivity contribution in [3.05, 3.63) is 115 Å². The van der Waals surface area contributed by atoms with Crippen LogP contribution in [0.1, 0.15) is 73.7 Å². The number of benzene rings is 4. The van der Waals surface area contributed by atoms with E-state index in [9.17, 15) is 0 Å². The second-order valence-corrected chi connectivity index (χ2v) is 11.5. The lowest BCUT2D eigenvalue weighted by molar-refractivity contribution is 0.397. The average Bonchev–Trinajstić information content (AvgIpc) is 2.92. The topological polar surface area (TPSA) is 36.9 Å². The molecule has 4 heteroatoms. The maximum atomic E-state index is 6.12. The Balaban J connectivity index is 1.78. The molecule has 4 nitrogen and oxygen atoms in total. The van der Waals surface area contributed by atoms with Crippen molar-refractivity contribution in [2.24, 2.45) is 0 Å². The summed E-state index contributed by atoms with van der Waals surface area (Å²) in [5, 5.41) is 0. The fraction of sp³-hybridized carbons (Fsp3) is 0.368. The van der Waals surface area contributed by atoms with E-state index in [1.165, 1.54) is 38.9 Å². The molecule has 0 aliphatic carbocycles. The van der Waals surface area contributed by atoms with Gasteiger partial charge in [0.25, 0.3) is 0 Å². The third-order valence-electron chi connectivity index (χ3n) is 8.00. The Labute approximate surface area is 252 Å². The van der Waals surface area contributed by atoms with Crippen LogP contribution in [0, 0.1) is 34.6 Å². The van der Waals surface area contributed by atoms with Crippen LogP contribution in [0.2, 0.25) is 0 Å². The summed E-state index contributed by atoms with van der Waals surface area (Å²) >= 11 is 0. The van der Waals surface area contributed by atoms with Gasteiger partial charge < -0.3 is 18.9 Å². The van der Waals surface area contributed by atoms with Crippen molar-refractivity contribution in [3.63, 3.8) is 0 Å². The highest BCUT2D eigenvalue weighted by atomic mass is 16.5. The Morgan fingerprint density at radius 2 is 0.643 bits per heavy atom. The molecule has 0 unspecified atom stereocenters. The van der Waals surface area contributed by atoms with E-state index >= 15 is 0 Å². The van der Waals surface area contributed by atoms with Crippen LogP contribution in [0.25, 0.3) is 0 Å². The lowest BCUT2D eigenvalue weighted by atomic mass is 9.91. The number of methoxy groups -OCH3 is 4. The molecule has 0 atom stereocenters. The van der Waals surface area contributed by atoms with Crippen LogP contribution in [0.15, 0.2) is 48.5 Å². The van der Waals surface area contributed by atoms with Gasteiger partial charge in [-0.2, -0.15) is 0 Å². The molecule has 0 radical (unpaired) electrons. The number of ether oxygens (including phenoxy) is 4. The van der Waals surface area contributed by atoms with Gasteiger partial charge in [-0.05, 0) is 85.5 Å². The SMILES string of the molecule is CCc1cc(C)cc(Cc2cc(C)cc(Cc3cc(C)cc(Cc4cc(C)cc(C)c4OC)c3OC)c2OC)c1OC. The van der Waals surface area contributed by atoms with Gasteiger partial charge >= 0.3 is 0 Å². The molecule has 0 bridgehead atoms. The monoisotopic (exact) mass is 566 g/mol. The first-order chi connectivity index (χ1) is 20.1. The summed E-state index contributed by atoms with van der Waals surface area (Å²) in [7, 11) is 7.05. The predicted octanol–water partition coefficient (Wildman–Crippen LogP) is 8.60. The zero-order chi connectivity index (χ0) is 30.6. The molecule has 0 amide bonds. The molecule has 0 aliphatic rings. The number of rotatable bonds is 11. The normalized spacial score (nSPS) is 11.0. The Bertz CT molecular complexity index is 1580. The number of hydrogen-bond acceptors (Lipinski definition) is 4. The molecule has 0 aromatic heterocycles. The Morgan fingerprint density at radius 3 is 0.952 bits per heavy atom. The molecule has 222 valence electrons. The second-order valence-electron chi connectivity index (χ2n) is 11.5. The minimum atomic E-state index is 0.699. The molecule has 42 heavy (non-hydrogen) atoms. The molecule has 0 N–H and O–H groups in total. The summed E-state index contributed by atoms with van der Waals surface area (Å²) in [6.45, 7) is 12.9. The van der Waals surface area contributed by atoms with Crippen LogP contribution < -0.4 is 18.9 Å². The molecule has 0 spiro atoms. The molecular formula is C38H46O4. The van der Waals surface area contributed by atoms with Crippen LogP contribution >= 0.6 is 0 Å². The van der Waals surface area contributed by atoms with E-state index in [1.807, 2.05) is 0 Å². The Morgan fingerprint density at radius 1 is 0.381 bits per heavy atom. The summed E-state index contributed by atoms with van der Waals surface area (Å²) in [5.74, 6) is 3.75. The molecule has 0 fully saturated rings. The van der Waals surface area contributed by atoms with E-state index in [4.69, 9.17) is 18.9 Å². The first kappa shape index (κ1) is 31.0. The minimum Gasteiger partial charge on any atom is -0.496 e. The van der Waals surface area contributed by atoms with Gasteiger partial charge in [-0.15, -0.1) is 0 Å². The van der Waals surface area contributed by atoms with E-state index in [0.717, 1.165) is 70.1 Å². The molecule has 4 aromatic carbocycles. The number of hydrogen-bond donors (Lipinski definition) is 0. The summed E-state index contributed by atoms with van der Waals surface area (Å²) in [6.07, 6.45) is 3.09. The molecule has 0 saturated carbocycles. The Hall–Kier alpha value is -3.92. The first-order valence-corrected chi connectivity index (χ1v) is 14.8. The number of aryl methyl sites for hydroxylation is 6. The van der Waals surface area contributed by atoms with Gasteiger partial charge in [-0.1, -0.05) is 77.7 Å². The highest BCUT2D eigenvalue weighted by Gasteiger charge is 2.20. The van der Waals surface area contributed by atoms with Crippen molar-refractivity contribution in [2.45, 2.75) is 67.2 Å². The standard InChI is InChI=1S/C38H46O4/c1-11-28-13-24(3)15-30(36(28)40-8)21-32-17-26(5)19-34(38(32)42-10)22-33-18-25(4)16-31(37(33)41-9)20-29-14-23(2)12-27(6)35(29)39-7/h12-19H,11,20-22H2,1-10H3. The molecule has 4 rings (SSSR count). The fourth-order valence-electron chi connectivity index (χ4n) is 6.57. The zero-order valence-electron chi connectivity index (χ0n) is 27.1. The summed E-state index contributed by atoms with van der Waals surface area (Å²) in [5.41, 5.74) is 14.2. The van der Waals surface area contributed by atoms with Crippen LogP contribution in [0.3, 0.4) is 0 Å². The lowest BCUT2D eigenvalue weighted by Crippen LogP contribution is -2.06. The maximum absolute atomic E-state index is 6.12. The summed E-state index contributed by atoms with van der Waals surface area (Å²) in [4.78, 5) is 0. The van der Waals surface area contributed by atoms with Gasteiger partial charge in [0.2, 0.25) is 0 Å². The largest absolute Gasteiger partial charge is 0.496 e. The lowest BCUT2D eigenvalue weighted by Gasteiger charge is -2.20. The highest BCUT2D eigenvalue weighted by molar-refractivity contribution is 5.56. The van der Waals surface area contributed by atoms with Crippen molar-refractivity contribution < 1.29 is 18.9 Å². The molecule has 0 saturated heterocycles. The van der Waals surface area contributed by atoms with Crippen molar-refractivity contribution in [3.8, 4) is 23.0 Å². The smallest absolute Gasteiger partial charge is 0.125 e. The third kappa shape index (κ3) is 6.59. The third-order valence-corrected chi connectivity index (χ3v) is 8.00. The van der Waals surface area contributed by atoms with E-state index in [2.05, 4.69) is 90.1 Å². The zero-order valence-corrected chi connectivity index (χ0v) is 27.1. The van der Waals surface area contributed by atoms with Crippen molar-refractivity contribution >= 4 is 0 Å². The predicted molar refractivity (Wildman–Crippen MR) is 173 cm³/mol. The van der Waals surface area contributed by atoms with E-state index < -0.39 is 0 Å². The second kappa shape index (κ2) is 13.4. The van der Waals surface area contributed by atoms with E-state index in [0.29, 0.717) is 6.42 Å². The quantitative estimate of drug-likeness (QED) is 0.182. The van der Waals surface area contributed by atoms with Crippen molar-refractivity contribution in [1.82, 2.24) is 0 Å². The van der Waals surface area contributed by atoms with Crippen LogP contribution in [-0.2, 0) is 25.7 Å². The molecule has 0 heterocycles. The van der Waals surface area contributed by atoms with Crippen LogP contribution in [0.4, 0.5) is 0 Å². The maximum Gasteiger partial charge on any atom is 0.125 e. The fourth-order valence-corrected chi connectivity index (χ4v) is 6.57. The van der Waals surface area contributed by atoms with Gasteiger partial charge in [-0.25, -0.2) is 0 Å². The van der Waals surface area contributed by atoms with Crippen molar-refractivity contribution in [1.29, 1.82) is 0 Å². The highest BCUT2D eigenvalue weighted by Crippen LogP contribution is 2.38. The van der Waals surface area contributed by atoms with Gasteiger partial charge in [0, 0.05) is 19.3 Å². The van der Waals surface area contributed by atoms with E-state index in [1.54, 1.807) is 28.4 Å². The summed E-state index contributed by atoms with van der Waals surface area (Å²) in [6, 6.07) is 17.8. The molecular weight excluding hydrogens is 520 g/mol. The van der Waals surface area contributed by atoms with Gasteiger partial charge in [0.1, 0.15) is 23.0 Å². The van der Waals surface area contributed by atoms with Crippen LogP contribution in [-0.4, -0.2) is 28.4 Å². The van der Waals surface area contributed by atoms with Gasteiger partial charge in [-0.3, -0.25) is 0 Å².